The standard InChI is InChI=1S/C19H20N2O3S2/c1-21(11-13-8-9-14(23-2)10-16(13)24-3)18(22)12-25-19-20-15-6-4-5-7-17(15)26-19/h4-10H,11-12H2,1-3H3. The van der Waals surface area contributed by atoms with E-state index in [-0.39, 0.29) is 5.91 Å². The SMILES string of the molecule is COc1ccc(CN(C)C(=O)CSc2nc3ccccc3s2)c(OC)c1. The van der Waals surface area contributed by atoms with Crippen molar-refractivity contribution in [3.05, 3.63) is 48.0 Å². The molecule has 0 N–H and O–H groups in total. The highest BCUT2D eigenvalue weighted by Crippen LogP contribution is 2.30. The minimum absolute atomic E-state index is 0.0483. The molecule has 0 aliphatic heterocycles. The summed E-state index contributed by atoms with van der Waals surface area (Å²) in [5, 5.41) is 0. The van der Waals surface area contributed by atoms with E-state index in [0.29, 0.717) is 18.0 Å². The van der Waals surface area contributed by atoms with E-state index in [4.69, 9.17) is 9.47 Å². The molecular weight excluding hydrogens is 368 g/mol. The average molecular weight is 389 g/mol. The number of hydrogen-bond acceptors (Lipinski definition) is 6. The van der Waals surface area contributed by atoms with Gasteiger partial charge >= 0.3 is 0 Å². The van der Waals surface area contributed by atoms with E-state index < -0.39 is 0 Å². The monoisotopic (exact) mass is 388 g/mol. The number of rotatable bonds is 7. The van der Waals surface area contributed by atoms with Gasteiger partial charge in [-0.25, -0.2) is 4.98 Å². The number of benzene rings is 2. The fraction of sp³-hybridized carbons (Fsp3) is 0.263. The summed E-state index contributed by atoms with van der Waals surface area (Å²) in [7, 11) is 5.03. The lowest BCUT2D eigenvalue weighted by molar-refractivity contribution is -0.127. The third-order valence-corrected chi connectivity index (χ3v) is 6.09. The summed E-state index contributed by atoms with van der Waals surface area (Å²) >= 11 is 3.09. The van der Waals surface area contributed by atoms with E-state index in [1.165, 1.54) is 11.8 Å². The maximum atomic E-state index is 12.5. The van der Waals surface area contributed by atoms with Gasteiger partial charge < -0.3 is 14.4 Å². The Balaban J connectivity index is 1.61. The smallest absolute Gasteiger partial charge is 0.233 e. The molecule has 1 heterocycles. The number of para-hydroxylation sites is 1. The number of amides is 1. The molecule has 0 radical (unpaired) electrons. The number of aromatic nitrogens is 1. The highest BCUT2D eigenvalue weighted by atomic mass is 32.2. The summed E-state index contributed by atoms with van der Waals surface area (Å²) < 4.78 is 12.7. The maximum Gasteiger partial charge on any atom is 0.233 e. The van der Waals surface area contributed by atoms with Gasteiger partial charge in [-0.2, -0.15) is 0 Å². The van der Waals surface area contributed by atoms with E-state index in [0.717, 1.165) is 25.9 Å². The molecule has 0 atom stereocenters. The Morgan fingerprint density at radius 2 is 2.00 bits per heavy atom. The minimum atomic E-state index is 0.0483. The quantitative estimate of drug-likeness (QED) is 0.571. The first-order chi connectivity index (χ1) is 12.6. The average Bonchev–Trinajstić information content (AvgIpc) is 3.09. The van der Waals surface area contributed by atoms with Crippen LogP contribution in [0.15, 0.2) is 46.8 Å². The number of hydrogen-bond donors (Lipinski definition) is 0. The predicted octanol–water partition coefficient (Wildman–Crippen LogP) is 4.06. The molecule has 136 valence electrons. The van der Waals surface area contributed by atoms with Gasteiger partial charge in [0, 0.05) is 25.2 Å². The number of nitrogens with zero attached hydrogens (tertiary/aromatic N) is 2. The molecular formula is C19H20N2O3S2. The van der Waals surface area contributed by atoms with Gasteiger partial charge in [0.1, 0.15) is 11.5 Å². The van der Waals surface area contributed by atoms with Crippen LogP contribution in [0.2, 0.25) is 0 Å². The van der Waals surface area contributed by atoms with E-state index >= 15 is 0 Å². The molecule has 3 aromatic rings. The first kappa shape index (κ1) is 18.5. The summed E-state index contributed by atoms with van der Waals surface area (Å²) in [4.78, 5) is 18.7. The normalized spacial score (nSPS) is 10.7. The van der Waals surface area contributed by atoms with Gasteiger partial charge in [0.25, 0.3) is 0 Å². The van der Waals surface area contributed by atoms with Crippen LogP contribution in [-0.4, -0.2) is 42.8 Å². The molecule has 1 aromatic heterocycles. The molecule has 0 aliphatic carbocycles. The van der Waals surface area contributed by atoms with Crippen LogP contribution in [0.1, 0.15) is 5.56 Å². The molecule has 7 heteroatoms. The number of carbonyl (C=O) groups excluding carboxylic acids is 1. The zero-order chi connectivity index (χ0) is 18.5. The van der Waals surface area contributed by atoms with Crippen LogP contribution < -0.4 is 9.47 Å². The number of carbonyl (C=O) groups is 1. The van der Waals surface area contributed by atoms with Crippen molar-refractivity contribution in [2.24, 2.45) is 0 Å². The molecule has 0 fully saturated rings. The van der Waals surface area contributed by atoms with Gasteiger partial charge in [-0.15, -0.1) is 11.3 Å². The molecule has 5 nitrogen and oxygen atoms in total. The van der Waals surface area contributed by atoms with Crippen molar-refractivity contribution in [2.75, 3.05) is 27.0 Å². The number of fused-ring (bicyclic) bond motifs is 1. The summed E-state index contributed by atoms with van der Waals surface area (Å²) in [5.74, 6) is 1.84. The second kappa shape index (κ2) is 8.42. The first-order valence-electron chi connectivity index (χ1n) is 8.04. The third-order valence-electron chi connectivity index (χ3n) is 3.92. The van der Waals surface area contributed by atoms with Crippen LogP contribution in [0, 0.1) is 0 Å². The van der Waals surface area contributed by atoms with Crippen LogP contribution >= 0.6 is 23.1 Å². The number of methoxy groups -OCH3 is 2. The summed E-state index contributed by atoms with van der Waals surface area (Å²) in [5.41, 5.74) is 1.91. The van der Waals surface area contributed by atoms with Crippen LogP contribution in [0.3, 0.4) is 0 Å². The van der Waals surface area contributed by atoms with Crippen molar-refractivity contribution >= 4 is 39.2 Å². The largest absolute Gasteiger partial charge is 0.497 e. The molecule has 0 saturated carbocycles. The van der Waals surface area contributed by atoms with Crippen molar-refractivity contribution in [2.45, 2.75) is 10.9 Å². The van der Waals surface area contributed by atoms with E-state index in [1.54, 1.807) is 37.5 Å². The second-order valence-corrected chi connectivity index (χ2v) is 7.92. The van der Waals surface area contributed by atoms with Crippen molar-refractivity contribution in [3.8, 4) is 11.5 Å². The van der Waals surface area contributed by atoms with E-state index in [9.17, 15) is 4.79 Å². The van der Waals surface area contributed by atoms with Crippen LogP contribution in [-0.2, 0) is 11.3 Å². The molecule has 0 aliphatic rings. The summed E-state index contributed by atoms with van der Waals surface area (Å²) in [6, 6.07) is 13.6. The van der Waals surface area contributed by atoms with Gasteiger partial charge in [0.05, 0.1) is 30.2 Å². The summed E-state index contributed by atoms with van der Waals surface area (Å²) in [6.07, 6.45) is 0. The van der Waals surface area contributed by atoms with E-state index in [1.807, 2.05) is 42.5 Å². The molecule has 0 unspecified atom stereocenters. The van der Waals surface area contributed by atoms with Gasteiger partial charge in [-0.3, -0.25) is 4.79 Å². The lowest BCUT2D eigenvalue weighted by Gasteiger charge is -2.19. The number of thioether (sulfide) groups is 1. The van der Waals surface area contributed by atoms with Crippen molar-refractivity contribution in [3.63, 3.8) is 0 Å². The van der Waals surface area contributed by atoms with Crippen molar-refractivity contribution in [1.29, 1.82) is 0 Å². The lowest BCUT2D eigenvalue weighted by Crippen LogP contribution is -2.28. The molecule has 2 aromatic carbocycles. The Morgan fingerprint density at radius 1 is 1.19 bits per heavy atom. The zero-order valence-corrected chi connectivity index (χ0v) is 16.5. The van der Waals surface area contributed by atoms with Gasteiger partial charge in [0.2, 0.25) is 5.91 Å². The molecule has 26 heavy (non-hydrogen) atoms. The van der Waals surface area contributed by atoms with Gasteiger partial charge in [-0.1, -0.05) is 23.9 Å². The first-order valence-corrected chi connectivity index (χ1v) is 9.84. The highest BCUT2D eigenvalue weighted by Gasteiger charge is 2.14. The van der Waals surface area contributed by atoms with Gasteiger partial charge in [0.15, 0.2) is 4.34 Å². The summed E-state index contributed by atoms with van der Waals surface area (Å²) in [6.45, 7) is 0.479. The highest BCUT2D eigenvalue weighted by molar-refractivity contribution is 8.01. The second-order valence-electron chi connectivity index (χ2n) is 5.66. The number of thiazole rings is 1. The van der Waals surface area contributed by atoms with Crippen LogP contribution in [0.4, 0.5) is 0 Å². The van der Waals surface area contributed by atoms with Crippen LogP contribution in [0.25, 0.3) is 10.2 Å². The Kier molecular flexibility index (Phi) is 6.00. The zero-order valence-electron chi connectivity index (χ0n) is 14.9. The van der Waals surface area contributed by atoms with E-state index in [2.05, 4.69) is 4.98 Å². The topological polar surface area (TPSA) is 51.7 Å². The van der Waals surface area contributed by atoms with Crippen molar-refractivity contribution in [1.82, 2.24) is 9.88 Å². The Labute approximate surface area is 160 Å². The predicted molar refractivity (Wildman–Crippen MR) is 106 cm³/mol. The van der Waals surface area contributed by atoms with Gasteiger partial charge in [-0.05, 0) is 24.3 Å². The lowest BCUT2D eigenvalue weighted by atomic mass is 10.2. The molecule has 0 saturated heterocycles. The third kappa shape index (κ3) is 4.28. The number of ether oxygens (including phenoxy) is 2. The molecule has 1 amide bonds. The fourth-order valence-electron chi connectivity index (χ4n) is 2.47. The van der Waals surface area contributed by atoms with Crippen LogP contribution in [0.5, 0.6) is 11.5 Å². The Morgan fingerprint density at radius 3 is 2.73 bits per heavy atom. The Bertz CT molecular complexity index is 878. The minimum Gasteiger partial charge on any atom is -0.497 e. The Hall–Kier alpha value is -2.25. The van der Waals surface area contributed by atoms with Crippen molar-refractivity contribution < 1.29 is 14.3 Å². The molecule has 0 bridgehead atoms. The fourth-order valence-corrected chi connectivity index (χ4v) is 4.48. The maximum absolute atomic E-state index is 12.5. The molecule has 3 rings (SSSR count). The molecule has 0 spiro atoms.